The smallest absolute Gasteiger partial charge is 0.384 e. The molecule has 0 amide bonds. The standard InChI is InChI=1S/C14H22O6Si/c1-17-8-10-19-21(12-14(15)16,20-11-9-18-2)13-6-4-3-5-7-13/h3-7H,8-12H2,1-2H3,(H,15,16). The zero-order chi connectivity index (χ0) is 15.6. The topological polar surface area (TPSA) is 74.2 Å². The van der Waals surface area contributed by atoms with Crippen LogP contribution in [0.4, 0.5) is 0 Å². The number of benzene rings is 1. The van der Waals surface area contributed by atoms with Gasteiger partial charge in [-0.3, -0.25) is 4.79 Å². The van der Waals surface area contributed by atoms with E-state index in [2.05, 4.69) is 0 Å². The molecule has 0 unspecified atom stereocenters. The third-order valence-corrected chi connectivity index (χ3v) is 6.16. The fourth-order valence-corrected chi connectivity index (χ4v) is 4.63. The first-order valence-electron chi connectivity index (χ1n) is 6.67. The maximum absolute atomic E-state index is 11.3. The Hall–Kier alpha value is -1.25. The van der Waals surface area contributed by atoms with E-state index in [1.807, 2.05) is 30.3 Å². The number of ether oxygens (including phenoxy) is 2. The molecule has 1 N–H and O–H groups in total. The molecule has 0 aliphatic rings. The van der Waals surface area contributed by atoms with Gasteiger partial charge in [0.15, 0.2) is 0 Å². The highest BCUT2D eigenvalue weighted by atomic mass is 28.4. The van der Waals surface area contributed by atoms with Crippen molar-refractivity contribution in [1.82, 2.24) is 0 Å². The van der Waals surface area contributed by atoms with Crippen LogP contribution in [0, 0.1) is 0 Å². The number of hydrogen-bond acceptors (Lipinski definition) is 5. The van der Waals surface area contributed by atoms with Gasteiger partial charge < -0.3 is 23.4 Å². The van der Waals surface area contributed by atoms with E-state index < -0.39 is 14.5 Å². The van der Waals surface area contributed by atoms with Crippen LogP contribution < -0.4 is 5.19 Å². The van der Waals surface area contributed by atoms with Crippen LogP contribution in [0.25, 0.3) is 0 Å². The molecule has 0 radical (unpaired) electrons. The largest absolute Gasteiger partial charge is 0.481 e. The number of carbonyl (C=O) groups is 1. The first-order chi connectivity index (χ1) is 10.1. The summed E-state index contributed by atoms with van der Waals surface area (Å²) >= 11 is 0. The average Bonchev–Trinajstić information content (AvgIpc) is 2.48. The summed E-state index contributed by atoms with van der Waals surface area (Å²) in [5, 5.41) is 10.0. The first-order valence-corrected chi connectivity index (χ1v) is 8.70. The van der Waals surface area contributed by atoms with Gasteiger partial charge in [0.25, 0.3) is 0 Å². The second kappa shape index (κ2) is 9.64. The minimum atomic E-state index is -3.07. The van der Waals surface area contributed by atoms with E-state index in [-0.39, 0.29) is 19.3 Å². The fraction of sp³-hybridized carbons (Fsp3) is 0.500. The Labute approximate surface area is 125 Å². The van der Waals surface area contributed by atoms with Crippen LogP contribution in [0.2, 0.25) is 6.04 Å². The monoisotopic (exact) mass is 314 g/mol. The van der Waals surface area contributed by atoms with E-state index in [0.29, 0.717) is 13.2 Å². The normalized spacial score (nSPS) is 11.5. The van der Waals surface area contributed by atoms with E-state index in [1.165, 1.54) is 0 Å². The lowest BCUT2D eigenvalue weighted by atomic mass is 10.4. The lowest BCUT2D eigenvalue weighted by Gasteiger charge is -2.29. The van der Waals surface area contributed by atoms with Crippen LogP contribution >= 0.6 is 0 Å². The van der Waals surface area contributed by atoms with Crippen molar-refractivity contribution in [1.29, 1.82) is 0 Å². The Bertz CT molecular complexity index is 401. The quantitative estimate of drug-likeness (QED) is 0.480. The minimum Gasteiger partial charge on any atom is -0.481 e. The van der Waals surface area contributed by atoms with Gasteiger partial charge in [-0.05, 0) is 5.19 Å². The van der Waals surface area contributed by atoms with E-state index in [0.717, 1.165) is 5.19 Å². The molecule has 1 aromatic rings. The van der Waals surface area contributed by atoms with Crippen LogP contribution in [-0.2, 0) is 23.1 Å². The van der Waals surface area contributed by atoms with Gasteiger partial charge in [-0.2, -0.15) is 0 Å². The Morgan fingerprint density at radius 2 is 1.52 bits per heavy atom. The van der Waals surface area contributed by atoms with Gasteiger partial charge in [-0.25, -0.2) is 0 Å². The molecule has 0 fully saturated rings. The van der Waals surface area contributed by atoms with Crippen LogP contribution in [0.15, 0.2) is 30.3 Å². The number of hydrogen-bond donors (Lipinski definition) is 1. The Morgan fingerprint density at radius 3 is 1.95 bits per heavy atom. The molecule has 0 saturated carbocycles. The summed E-state index contributed by atoms with van der Waals surface area (Å²) in [6.07, 6.45) is 0. The Morgan fingerprint density at radius 1 is 1.00 bits per heavy atom. The highest BCUT2D eigenvalue weighted by Gasteiger charge is 2.42. The molecule has 0 atom stereocenters. The van der Waals surface area contributed by atoms with Crippen LogP contribution in [0.3, 0.4) is 0 Å². The van der Waals surface area contributed by atoms with Crippen molar-refractivity contribution in [3.05, 3.63) is 30.3 Å². The van der Waals surface area contributed by atoms with Crippen LogP contribution in [-0.4, -0.2) is 60.3 Å². The summed E-state index contributed by atoms with van der Waals surface area (Å²) in [5.41, 5.74) is 0. The third kappa shape index (κ3) is 5.94. The maximum atomic E-state index is 11.3. The molecule has 0 heterocycles. The molecule has 1 rings (SSSR count). The molecule has 0 bridgehead atoms. The SMILES string of the molecule is COCCO[Si](CC(=O)O)(OCCOC)c1ccccc1. The molecule has 6 nitrogen and oxygen atoms in total. The van der Waals surface area contributed by atoms with Crippen molar-refractivity contribution in [2.24, 2.45) is 0 Å². The molecule has 0 saturated heterocycles. The molecule has 0 spiro atoms. The Balaban J connectivity index is 2.97. The van der Waals surface area contributed by atoms with Crippen molar-refractivity contribution >= 4 is 19.7 Å². The maximum Gasteiger partial charge on any atom is 0.384 e. The van der Waals surface area contributed by atoms with Crippen molar-refractivity contribution in [3.8, 4) is 0 Å². The molecule has 0 aliphatic carbocycles. The fourth-order valence-electron chi connectivity index (χ4n) is 1.88. The van der Waals surface area contributed by atoms with E-state index in [1.54, 1.807) is 14.2 Å². The molecular weight excluding hydrogens is 292 g/mol. The summed E-state index contributed by atoms with van der Waals surface area (Å²) in [7, 11) is 0.0664. The molecule has 0 aromatic heterocycles. The van der Waals surface area contributed by atoms with Gasteiger partial charge in [0, 0.05) is 14.2 Å². The number of carboxylic acids is 1. The number of methoxy groups -OCH3 is 2. The highest BCUT2D eigenvalue weighted by molar-refractivity contribution is 6.83. The van der Waals surface area contributed by atoms with Gasteiger partial charge in [0.1, 0.15) is 0 Å². The third-order valence-electron chi connectivity index (χ3n) is 2.84. The predicted molar refractivity (Wildman–Crippen MR) is 79.9 cm³/mol. The number of carboxylic acid groups (broad SMARTS) is 1. The van der Waals surface area contributed by atoms with Gasteiger partial charge in [0.2, 0.25) is 0 Å². The minimum absolute atomic E-state index is 0.162. The molecule has 1 aromatic carbocycles. The van der Waals surface area contributed by atoms with Crippen molar-refractivity contribution in [2.75, 3.05) is 40.6 Å². The van der Waals surface area contributed by atoms with E-state index in [4.69, 9.17) is 18.3 Å². The second-order valence-corrected chi connectivity index (χ2v) is 7.39. The zero-order valence-corrected chi connectivity index (χ0v) is 13.4. The summed E-state index contributed by atoms with van der Waals surface area (Å²) in [5.74, 6) is -0.944. The van der Waals surface area contributed by atoms with Crippen molar-refractivity contribution < 1.29 is 28.2 Å². The zero-order valence-electron chi connectivity index (χ0n) is 12.4. The van der Waals surface area contributed by atoms with Gasteiger partial charge in [-0.1, -0.05) is 30.3 Å². The number of aliphatic carboxylic acids is 1. The summed E-state index contributed by atoms with van der Waals surface area (Å²) in [4.78, 5) is 11.3. The summed E-state index contributed by atoms with van der Waals surface area (Å²) in [6.45, 7) is 1.35. The molecule has 0 aliphatic heterocycles. The Kier molecular flexibility index (Phi) is 8.17. The van der Waals surface area contributed by atoms with Crippen LogP contribution in [0.5, 0.6) is 0 Å². The summed E-state index contributed by atoms with van der Waals surface area (Å²) < 4.78 is 21.7. The second-order valence-electron chi connectivity index (χ2n) is 4.37. The number of rotatable bonds is 11. The van der Waals surface area contributed by atoms with E-state index in [9.17, 15) is 9.90 Å². The molecule has 7 heteroatoms. The lowest BCUT2D eigenvalue weighted by molar-refractivity contribution is -0.135. The van der Waals surface area contributed by atoms with Crippen molar-refractivity contribution in [3.63, 3.8) is 0 Å². The first kappa shape index (κ1) is 17.8. The summed E-state index contributed by atoms with van der Waals surface area (Å²) in [6, 6.07) is 9.08. The van der Waals surface area contributed by atoms with Gasteiger partial charge in [-0.15, -0.1) is 0 Å². The highest BCUT2D eigenvalue weighted by Crippen LogP contribution is 2.15. The van der Waals surface area contributed by atoms with Gasteiger partial charge in [0.05, 0.1) is 32.5 Å². The lowest BCUT2D eigenvalue weighted by Crippen LogP contribution is -2.56. The van der Waals surface area contributed by atoms with Gasteiger partial charge >= 0.3 is 14.5 Å². The van der Waals surface area contributed by atoms with Crippen molar-refractivity contribution in [2.45, 2.75) is 6.04 Å². The predicted octanol–water partition coefficient (Wildman–Crippen LogP) is 0.746. The van der Waals surface area contributed by atoms with Crippen LogP contribution in [0.1, 0.15) is 0 Å². The molecule has 118 valence electrons. The molecular formula is C14H22O6Si. The average molecular weight is 314 g/mol. The molecule has 21 heavy (non-hydrogen) atoms. The van der Waals surface area contributed by atoms with E-state index >= 15 is 0 Å².